The fraction of sp³-hybridized carbons (Fsp3) is 0.417. The van der Waals surface area contributed by atoms with Crippen molar-refractivity contribution < 1.29 is 27.5 Å². The molecule has 0 radical (unpaired) electrons. The minimum Gasteiger partial charge on any atom is -0.494 e. The van der Waals surface area contributed by atoms with Crippen LogP contribution < -0.4 is 4.74 Å². The van der Waals surface area contributed by atoms with E-state index >= 15 is 0 Å². The Balaban J connectivity index is 1.51. The normalized spacial score (nSPS) is 14.8. The molecule has 8 heteroatoms. The number of likely N-dealkylation sites (tertiary alicyclic amines) is 1. The van der Waals surface area contributed by atoms with Crippen molar-refractivity contribution in [2.45, 2.75) is 32.5 Å². The van der Waals surface area contributed by atoms with Crippen molar-refractivity contribution in [2.24, 2.45) is 5.92 Å². The van der Waals surface area contributed by atoms with Gasteiger partial charge in [0, 0.05) is 38.2 Å². The van der Waals surface area contributed by atoms with E-state index in [1.54, 1.807) is 16.8 Å². The fourth-order valence-electron chi connectivity index (χ4n) is 3.84. The molecule has 0 unspecified atom stereocenters. The van der Waals surface area contributed by atoms with E-state index in [1.165, 1.54) is 12.1 Å². The van der Waals surface area contributed by atoms with Crippen molar-refractivity contribution in [3.8, 4) is 5.75 Å². The molecule has 2 aromatic rings. The summed E-state index contributed by atoms with van der Waals surface area (Å²) in [6, 6.07) is 11.9. The standard InChI is InChI=1S/C24H27F3N2O3/c1-3-32-21-10-4-17(5-11-21)16-28(2)22(30)19-12-14-29(15-13-19)23(31)18-6-8-20(9-7-18)24(25,26)27/h4-11,19H,3,12-16H2,1-2H3. The number of hydrogen-bond donors (Lipinski definition) is 0. The summed E-state index contributed by atoms with van der Waals surface area (Å²) in [5.41, 5.74) is 0.434. The average Bonchev–Trinajstić information content (AvgIpc) is 2.79. The van der Waals surface area contributed by atoms with Gasteiger partial charge >= 0.3 is 6.18 Å². The van der Waals surface area contributed by atoms with Crippen LogP contribution in [-0.2, 0) is 17.5 Å². The lowest BCUT2D eigenvalue weighted by Gasteiger charge is -2.33. The maximum Gasteiger partial charge on any atom is 0.416 e. The van der Waals surface area contributed by atoms with Crippen molar-refractivity contribution in [2.75, 3.05) is 26.7 Å². The maximum atomic E-state index is 12.8. The minimum absolute atomic E-state index is 0.0283. The lowest BCUT2D eigenvalue weighted by atomic mass is 9.94. The van der Waals surface area contributed by atoms with Crippen LogP contribution in [0.4, 0.5) is 13.2 Å². The van der Waals surface area contributed by atoms with Gasteiger partial charge in [-0.05, 0) is 61.7 Å². The van der Waals surface area contributed by atoms with Gasteiger partial charge in [0.2, 0.25) is 5.91 Å². The molecule has 2 aromatic carbocycles. The second-order valence-corrected chi connectivity index (χ2v) is 7.91. The highest BCUT2D eigenvalue weighted by atomic mass is 19.4. The fourth-order valence-corrected chi connectivity index (χ4v) is 3.84. The van der Waals surface area contributed by atoms with Gasteiger partial charge in [0.1, 0.15) is 5.75 Å². The number of rotatable bonds is 6. The Hall–Kier alpha value is -3.03. The Kier molecular flexibility index (Phi) is 7.43. The number of piperidine rings is 1. The number of carbonyl (C=O) groups is 2. The zero-order valence-corrected chi connectivity index (χ0v) is 18.2. The monoisotopic (exact) mass is 448 g/mol. The summed E-state index contributed by atoms with van der Waals surface area (Å²) in [5, 5.41) is 0. The third kappa shape index (κ3) is 5.81. The van der Waals surface area contributed by atoms with Crippen LogP contribution in [0.2, 0.25) is 0 Å². The van der Waals surface area contributed by atoms with Crippen LogP contribution in [0.15, 0.2) is 48.5 Å². The summed E-state index contributed by atoms with van der Waals surface area (Å²) in [4.78, 5) is 28.8. The number of ether oxygens (including phenoxy) is 1. The van der Waals surface area contributed by atoms with Crippen molar-refractivity contribution in [3.05, 3.63) is 65.2 Å². The quantitative estimate of drug-likeness (QED) is 0.648. The van der Waals surface area contributed by atoms with Gasteiger partial charge in [-0.2, -0.15) is 13.2 Å². The summed E-state index contributed by atoms with van der Waals surface area (Å²) in [7, 11) is 1.76. The molecule has 0 bridgehead atoms. The van der Waals surface area contributed by atoms with Gasteiger partial charge in [-0.25, -0.2) is 0 Å². The predicted molar refractivity (Wildman–Crippen MR) is 114 cm³/mol. The second-order valence-electron chi connectivity index (χ2n) is 7.91. The number of carbonyl (C=O) groups excluding carboxylic acids is 2. The Morgan fingerprint density at radius 3 is 2.16 bits per heavy atom. The highest BCUT2D eigenvalue weighted by Gasteiger charge is 2.32. The summed E-state index contributed by atoms with van der Waals surface area (Å²) in [5.74, 6) is 0.322. The molecular weight excluding hydrogens is 421 g/mol. The predicted octanol–water partition coefficient (Wildman–Crippen LogP) is 4.61. The van der Waals surface area contributed by atoms with Gasteiger partial charge < -0.3 is 14.5 Å². The molecule has 0 saturated carbocycles. The number of benzene rings is 2. The molecule has 2 amide bonds. The molecule has 1 fully saturated rings. The summed E-state index contributed by atoms with van der Waals surface area (Å²) >= 11 is 0. The van der Waals surface area contributed by atoms with E-state index in [4.69, 9.17) is 4.74 Å². The molecule has 1 aliphatic heterocycles. The average molecular weight is 448 g/mol. The van der Waals surface area contributed by atoms with E-state index in [0.717, 1.165) is 23.4 Å². The molecule has 32 heavy (non-hydrogen) atoms. The first kappa shape index (κ1) is 23.6. The van der Waals surface area contributed by atoms with Crippen LogP contribution in [-0.4, -0.2) is 48.4 Å². The lowest BCUT2D eigenvalue weighted by Crippen LogP contribution is -2.43. The molecule has 3 rings (SSSR count). The molecule has 0 N–H and O–H groups in total. The third-order valence-electron chi connectivity index (χ3n) is 5.62. The van der Waals surface area contributed by atoms with Crippen LogP contribution in [0.5, 0.6) is 5.75 Å². The lowest BCUT2D eigenvalue weighted by molar-refractivity contribution is -0.137. The Labute approximate surface area is 185 Å². The molecule has 1 heterocycles. The molecule has 1 aliphatic rings. The first-order valence-electron chi connectivity index (χ1n) is 10.6. The van der Waals surface area contributed by atoms with E-state index < -0.39 is 11.7 Å². The van der Waals surface area contributed by atoms with Gasteiger partial charge in [-0.1, -0.05) is 12.1 Å². The van der Waals surface area contributed by atoms with Gasteiger partial charge in [0.25, 0.3) is 5.91 Å². The van der Waals surface area contributed by atoms with Gasteiger partial charge in [0.15, 0.2) is 0 Å². The van der Waals surface area contributed by atoms with Crippen molar-refractivity contribution in [3.63, 3.8) is 0 Å². The molecule has 0 aliphatic carbocycles. The molecule has 0 atom stereocenters. The van der Waals surface area contributed by atoms with Crippen LogP contribution in [0.1, 0.15) is 41.3 Å². The second kappa shape index (κ2) is 10.1. The smallest absolute Gasteiger partial charge is 0.416 e. The van der Waals surface area contributed by atoms with Crippen molar-refractivity contribution in [1.29, 1.82) is 0 Å². The van der Waals surface area contributed by atoms with E-state index in [1.807, 2.05) is 31.2 Å². The number of nitrogens with zero attached hydrogens (tertiary/aromatic N) is 2. The van der Waals surface area contributed by atoms with E-state index in [2.05, 4.69) is 0 Å². The zero-order chi connectivity index (χ0) is 23.3. The first-order chi connectivity index (χ1) is 15.2. The van der Waals surface area contributed by atoms with E-state index in [9.17, 15) is 22.8 Å². The van der Waals surface area contributed by atoms with Gasteiger partial charge in [-0.3, -0.25) is 9.59 Å². The Morgan fingerprint density at radius 1 is 1.03 bits per heavy atom. The third-order valence-corrected chi connectivity index (χ3v) is 5.62. The van der Waals surface area contributed by atoms with Crippen LogP contribution in [0.3, 0.4) is 0 Å². The largest absolute Gasteiger partial charge is 0.494 e. The number of alkyl halides is 3. The van der Waals surface area contributed by atoms with Crippen LogP contribution >= 0.6 is 0 Å². The van der Waals surface area contributed by atoms with Crippen molar-refractivity contribution in [1.82, 2.24) is 9.80 Å². The molecule has 0 aromatic heterocycles. The van der Waals surface area contributed by atoms with Gasteiger partial charge in [-0.15, -0.1) is 0 Å². The highest BCUT2D eigenvalue weighted by Crippen LogP contribution is 2.29. The molecule has 5 nitrogen and oxygen atoms in total. The number of hydrogen-bond acceptors (Lipinski definition) is 3. The Morgan fingerprint density at radius 2 is 1.62 bits per heavy atom. The summed E-state index contributed by atoms with van der Waals surface area (Å²) < 4.78 is 43.6. The summed E-state index contributed by atoms with van der Waals surface area (Å²) in [6.45, 7) is 3.79. The minimum atomic E-state index is -4.43. The first-order valence-corrected chi connectivity index (χ1v) is 10.6. The zero-order valence-electron chi connectivity index (χ0n) is 18.2. The molecule has 1 saturated heterocycles. The molecule has 172 valence electrons. The van der Waals surface area contributed by atoms with Crippen LogP contribution in [0.25, 0.3) is 0 Å². The maximum absolute atomic E-state index is 12.8. The van der Waals surface area contributed by atoms with E-state index in [0.29, 0.717) is 39.1 Å². The van der Waals surface area contributed by atoms with Crippen LogP contribution in [0, 0.1) is 5.92 Å². The Bertz CT molecular complexity index is 919. The van der Waals surface area contributed by atoms with E-state index in [-0.39, 0.29) is 23.3 Å². The summed E-state index contributed by atoms with van der Waals surface area (Å²) in [6.07, 6.45) is -3.38. The molecular formula is C24H27F3N2O3. The number of amides is 2. The van der Waals surface area contributed by atoms with Crippen molar-refractivity contribution >= 4 is 11.8 Å². The van der Waals surface area contributed by atoms with Gasteiger partial charge in [0.05, 0.1) is 12.2 Å². The topological polar surface area (TPSA) is 49.9 Å². The molecule has 0 spiro atoms. The highest BCUT2D eigenvalue weighted by molar-refractivity contribution is 5.94. The number of halogens is 3. The SMILES string of the molecule is CCOc1ccc(CN(C)C(=O)C2CCN(C(=O)c3ccc(C(F)(F)F)cc3)CC2)cc1.